The second-order valence-electron chi connectivity index (χ2n) is 5.74. The van der Waals surface area contributed by atoms with Crippen LogP contribution < -0.4 is 10.1 Å². The van der Waals surface area contributed by atoms with Gasteiger partial charge in [0.25, 0.3) is 0 Å². The summed E-state index contributed by atoms with van der Waals surface area (Å²) in [4.78, 5) is 10.8. The number of hydrogen-bond donors (Lipinski definition) is 3. The predicted molar refractivity (Wildman–Crippen MR) is 97.3 cm³/mol. The second-order valence-corrected chi connectivity index (χ2v) is 5.74. The van der Waals surface area contributed by atoms with Crippen LogP contribution in [0.15, 0.2) is 66.7 Å². The van der Waals surface area contributed by atoms with Gasteiger partial charge < -0.3 is 20.3 Å². The lowest BCUT2D eigenvalue weighted by Crippen LogP contribution is -2.26. The fraction of sp³-hybridized carbons (Fsp3) is 0.150. The molecule has 3 aromatic carbocycles. The maximum atomic E-state index is 10.8. The third-order valence-electron chi connectivity index (χ3n) is 3.84. The molecule has 0 aliphatic heterocycles. The number of carbonyl (C=O) groups is 1. The van der Waals surface area contributed by atoms with Crippen LogP contribution in [-0.4, -0.2) is 35.4 Å². The molecule has 0 radical (unpaired) electrons. The maximum Gasteiger partial charge on any atom is 0.335 e. The van der Waals surface area contributed by atoms with Gasteiger partial charge in [-0.3, -0.25) is 0 Å². The van der Waals surface area contributed by atoms with Gasteiger partial charge in [-0.05, 0) is 47.2 Å². The van der Waals surface area contributed by atoms with Gasteiger partial charge in [0.2, 0.25) is 0 Å². The van der Waals surface area contributed by atoms with Crippen molar-refractivity contribution in [1.82, 2.24) is 0 Å². The number of anilines is 1. The summed E-state index contributed by atoms with van der Waals surface area (Å²) in [6.07, 6.45) is -0.689. The van der Waals surface area contributed by atoms with Crippen LogP contribution in [0.1, 0.15) is 10.4 Å². The van der Waals surface area contributed by atoms with E-state index in [-0.39, 0.29) is 12.2 Å². The molecule has 0 heterocycles. The SMILES string of the molecule is O=C(O)c1ccc(NCC(O)COc2ccc3ccccc3c2)cc1. The number of fused-ring (bicyclic) bond motifs is 1. The number of carboxylic acid groups (broad SMARTS) is 1. The first-order valence-electron chi connectivity index (χ1n) is 7.99. The highest BCUT2D eigenvalue weighted by molar-refractivity contribution is 5.88. The third-order valence-corrected chi connectivity index (χ3v) is 3.84. The molecule has 0 saturated carbocycles. The highest BCUT2D eigenvalue weighted by Gasteiger charge is 2.07. The Hall–Kier alpha value is -3.05. The van der Waals surface area contributed by atoms with Gasteiger partial charge in [0, 0.05) is 12.2 Å². The number of aliphatic hydroxyl groups is 1. The second kappa shape index (κ2) is 7.68. The lowest BCUT2D eigenvalue weighted by molar-refractivity contribution is 0.0697. The van der Waals surface area contributed by atoms with E-state index >= 15 is 0 Å². The monoisotopic (exact) mass is 337 g/mol. The molecular formula is C20H19NO4. The van der Waals surface area contributed by atoms with Crippen LogP contribution in [0.4, 0.5) is 5.69 Å². The quantitative estimate of drug-likeness (QED) is 0.616. The maximum absolute atomic E-state index is 10.8. The number of aromatic carboxylic acids is 1. The summed E-state index contributed by atoms with van der Waals surface area (Å²) in [7, 11) is 0. The zero-order valence-electron chi connectivity index (χ0n) is 13.6. The van der Waals surface area contributed by atoms with E-state index in [1.165, 1.54) is 12.1 Å². The van der Waals surface area contributed by atoms with Gasteiger partial charge in [-0.1, -0.05) is 30.3 Å². The number of carboxylic acids is 1. The first-order valence-corrected chi connectivity index (χ1v) is 7.99. The molecule has 1 unspecified atom stereocenters. The fourth-order valence-corrected chi connectivity index (χ4v) is 2.47. The van der Waals surface area contributed by atoms with E-state index in [4.69, 9.17) is 9.84 Å². The molecule has 128 valence electrons. The molecule has 0 aliphatic carbocycles. The summed E-state index contributed by atoms with van der Waals surface area (Å²) in [6, 6.07) is 20.2. The fourth-order valence-electron chi connectivity index (χ4n) is 2.47. The molecule has 0 spiro atoms. The van der Waals surface area contributed by atoms with Gasteiger partial charge in [0.1, 0.15) is 18.5 Å². The zero-order valence-corrected chi connectivity index (χ0v) is 13.6. The van der Waals surface area contributed by atoms with E-state index in [1.54, 1.807) is 12.1 Å². The molecular weight excluding hydrogens is 318 g/mol. The summed E-state index contributed by atoms with van der Waals surface area (Å²) in [5.74, 6) is -0.251. The van der Waals surface area contributed by atoms with Gasteiger partial charge >= 0.3 is 5.97 Å². The van der Waals surface area contributed by atoms with E-state index in [0.29, 0.717) is 12.3 Å². The van der Waals surface area contributed by atoms with Crippen molar-refractivity contribution in [2.24, 2.45) is 0 Å². The minimum absolute atomic E-state index is 0.165. The van der Waals surface area contributed by atoms with Crippen molar-refractivity contribution < 1.29 is 19.7 Å². The van der Waals surface area contributed by atoms with Crippen LogP contribution >= 0.6 is 0 Å². The van der Waals surface area contributed by atoms with Crippen molar-refractivity contribution in [3.8, 4) is 5.75 Å². The van der Waals surface area contributed by atoms with Gasteiger partial charge in [0.05, 0.1) is 5.56 Å². The molecule has 0 aliphatic rings. The molecule has 0 bridgehead atoms. The van der Waals surface area contributed by atoms with E-state index < -0.39 is 12.1 Å². The van der Waals surface area contributed by atoms with Gasteiger partial charge in [-0.15, -0.1) is 0 Å². The minimum atomic E-state index is -0.963. The summed E-state index contributed by atoms with van der Waals surface area (Å²) in [5, 5.41) is 24.2. The first kappa shape index (κ1) is 16.8. The van der Waals surface area contributed by atoms with E-state index in [1.807, 2.05) is 42.5 Å². The van der Waals surface area contributed by atoms with Crippen LogP contribution in [0.2, 0.25) is 0 Å². The Balaban J connectivity index is 1.50. The molecule has 1 atom stereocenters. The number of aliphatic hydroxyl groups excluding tert-OH is 1. The average molecular weight is 337 g/mol. The Kier molecular flexibility index (Phi) is 5.16. The summed E-state index contributed by atoms with van der Waals surface area (Å²) in [5.41, 5.74) is 0.973. The molecule has 25 heavy (non-hydrogen) atoms. The Morgan fingerprint density at radius 3 is 2.44 bits per heavy atom. The van der Waals surface area contributed by atoms with Crippen LogP contribution in [0.3, 0.4) is 0 Å². The molecule has 3 N–H and O–H groups in total. The molecule has 5 heteroatoms. The summed E-state index contributed by atoms with van der Waals surface area (Å²) in [6.45, 7) is 0.471. The molecule has 0 aromatic heterocycles. The molecule has 3 aromatic rings. The topological polar surface area (TPSA) is 78.8 Å². The van der Waals surface area contributed by atoms with E-state index in [0.717, 1.165) is 16.5 Å². The van der Waals surface area contributed by atoms with Crippen molar-refractivity contribution in [1.29, 1.82) is 0 Å². The smallest absolute Gasteiger partial charge is 0.335 e. The highest BCUT2D eigenvalue weighted by atomic mass is 16.5. The molecule has 0 amide bonds. The third kappa shape index (κ3) is 4.49. The molecule has 0 saturated heterocycles. The highest BCUT2D eigenvalue weighted by Crippen LogP contribution is 2.20. The van der Waals surface area contributed by atoms with Crippen molar-refractivity contribution in [3.05, 3.63) is 72.3 Å². The Bertz CT molecular complexity index is 861. The summed E-state index contributed by atoms with van der Waals surface area (Å²) < 4.78 is 5.65. The average Bonchev–Trinajstić information content (AvgIpc) is 2.65. The lowest BCUT2D eigenvalue weighted by atomic mass is 10.1. The molecule has 3 rings (SSSR count). The first-order chi connectivity index (χ1) is 12.1. The summed E-state index contributed by atoms with van der Waals surface area (Å²) >= 11 is 0. The van der Waals surface area contributed by atoms with Crippen LogP contribution in [0.25, 0.3) is 10.8 Å². The van der Waals surface area contributed by atoms with Gasteiger partial charge in [-0.2, -0.15) is 0 Å². The van der Waals surface area contributed by atoms with Crippen molar-refractivity contribution in [3.63, 3.8) is 0 Å². The largest absolute Gasteiger partial charge is 0.491 e. The van der Waals surface area contributed by atoms with Crippen LogP contribution in [0, 0.1) is 0 Å². The number of benzene rings is 3. The minimum Gasteiger partial charge on any atom is -0.491 e. The predicted octanol–water partition coefficient (Wildman–Crippen LogP) is 3.39. The number of ether oxygens (including phenoxy) is 1. The van der Waals surface area contributed by atoms with Crippen molar-refractivity contribution >= 4 is 22.4 Å². The van der Waals surface area contributed by atoms with Crippen LogP contribution in [-0.2, 0) is 0 Å². The lowest BCUT2D eigenvalue weighted by Gasteiger charge is -2.14. The zero-order chi connectivity index (χ0) is 17.6. The van der Waals surface area contributed by atoms with E-state index in [9.17, 15) is 9.90 Å². The number of nitrogens with one attached hydrogen (secondary N) is 1. The molecule has 0 fully saturated rings. The number of hydrogen-bond acceptors (Lipinski definition) is 4. The van der Waals surface area contributed by atoms with Crippen molar-refractivity contribution in [2.75, 3.05) is 18.5 Å². The van der Waals surface area contributed by atoms with Crippen LogP contribution in [0.5, 0.6) is 5.75 Å². The van der Waals surface area contributed by atoms with Crippen molar-refractivity contribution in [2.45, 2.75) is 6.10 Å². The van der Waals surface area contributed by atoms with E-state index in [2.05, 4.69) is 5.32 Å². The number of rotatable bonds is 7. The Labute approximate surface area is 145 Å². The standard InChI is InChI=1S/C20H19NO4/c22-18(12-21-17-8-5-15(6-9-17)20(23)24)13-25-19-10-7-14-3-1-2-4-16(14)11-19/h1-11,18,21-22H,12-13H2,(H,23,24). The normalized spacial score (nSPS) is 11.9. The Morgan fingerprint density at radius 1 is 1.00 bits per heavy atom. The molecule has 5 nitrogen and oxygen atoms in total. The van der Waals surface area contributed by atoms with Gasteiger partial charge in [0.15, 0.2) is 0 Å². The van der Waals surface area contributed by atoms with Gasteiger partial charge in [-0.25, -0.2) is 4.79 Å². The Morgan fingerprint density at radius 2 is 1.72 bits per heavy atom.